The molecule has 0 radical (unpaired) electrons. The first-order valence-electron chi connectivity index (χ1n) is 7.56. The van der Waals surface area contributed by atoms with Gasteiger partial charge in [-0.15, -0.1) is 0 Å². The number of hydrogen-bond donors (Lipinski definition) is 0. The van der Waals surface area contributed by atoms with Crippen molar-refractivity contribution >= 4 is 17.0 Å². The van der Waals surface area contributed by atoms with Crippen molar-refractivity contribution in [2.75, 3.05) is 6.61 Å². The standard InChI is InChI=1S/C18H16F2N2O2/c1-3-24-18(23)11-7-8-16-15(9-11)21-17(22(16)2)10-12-13(19)5-4-6-14(12)20/h4-9H,3,10H2,1-2H3. The van der Waals surface area contributed by atoms with Crippen molar-refractivity contribution < 1.29 is 18.3 Å². The summed E-state index contributed by atoms with van der Waals surface area (Å²) in [4.78, 5) is 16.2. The van der Waals surface area contributed by atoms with E-state index in [0.29, 0.717) is 16.9 Å². The molecule has 0 aliphatic heterocycles. The second-order valence-electron chi connectivity index (χ2n) is 5.39. The number of benzene rings is 2. The van der Waals surface area contributed by atoms with E-state index in [1.165, 1.54) is 18.2 Å². The normalized spacial score (nSPS) is 11.0. The number of aromatic nitrogens is 2. The molecule has 0 aliphatic carbocycles. The fourth-order valence-electron chi connectivity index (χ4n) is 2.61. The van der Waals surface area contributed by atoms with E-state index in [0.717, 1.165) is 5.52 Å². The molecular weight excluding hydrogens is 314 g/mol. The van der Waals surface area contributed by atoms with Crippen molar-refractivity contribution in [3.8, 4) is 0 Å². The number of halogens is 2. The van der Waals surface area contributed by atoms with Crippen LogP contribution in [0.1, 0.15) is 28.7 Å². The minimum atomic E-state index is -0.603. The van der Waals surface area contributed by atoms with Crippen LogP contribution in [0.2, 0.25) is 0 Å². The van der Waals surface area contributed by atoms with Gasteiger partial charge in [-0.2, -0.15) is 0 Å². The Morgan fingerprint density at radius 1 is 1.21 bits per heavy atom. The van der Waals surface area contributed by atoms with E-state index in [-0.39, 0.29) is 18.6 Å². The number of esters is 1. The molecule has 6 heteroatoms. The average molecular weight is 330 g/mol. The molecule has 124 valence electrons. The molecule has 0 saturated heterocycles. The van der Waals surface area contributed by atoms with Gasteiger partial charge in [0.25, 0.3) is 0 Å². The highest BCUT2D eigenvalue weighted by atomic mass is 19.1. The van der Waals surface area contributed by atoms with Crippen LogP contribution in [0.3, 0.4) is 0 Å². The largest absolute Gasteiger partial charge is 0.462 e. The fraction of sp³-hybridized carbons (Fsp3) is 0.222. The molecular formula is C18H16F2N2O2. The molecule has 0 bridgehead atoms. The van der Waals surface area contributed by atoms with E-state index in [9.17, 15) is 13.6 Å². The van der Waals surface area contributed by atoms with Gasteiger partial charge in [0.05, 0.1) is 23.2 Å². The Balaban J connectivity index is 2.00. The number of carbonyl (C=O) groups is 1. The van der Waals surface area contributed by atoms with Crippen LogP contribution in [0.15, 0.2) is 36.4 Å². The Labute approximate surface area is 137 Å². The van der Waals surface area contributed by atoms with Gasteiger partial charge in [-0.3, -0.25) is 0 Å². The van der Waals surface area contributed by atoms with Gasteiger partial charge >= 0.3 is 5.97 Å². The van der Waals surface area contributed by atoms with Crippen LogP contribution in [0.25, 0.3) is 11.0 Å². The highest BCUT2D eigenvalue weighted by Gasteiger charge is 2.16. The highest BCUT2D eigenvalue weighted by Crippen LogP contribution is 2.21. The summed E-state index contributed by atoms with van der Waals surface area (Å²) in [6, 6.07) is 8.79. The van der Waals surface area contributed by atoms with Crippen LogP contribution in [0, 0.1) is 11.6 Å². The SMILES string of the molecule is CCOC(=O)c1ccc2c(c1)nc(Cc1c(F)cccc1F)n2C. The first-order valence-corrected chi connectivity index (χ1v) is 7.56. The van der Waals surface area contributed by atoms with Crippen molar-refractivity contribution in [2.24, 2.45) is 7.05 Å². The zero-order chi connectivity index (χ0) is 17.3. The van der Waals surface area contributed by atoms with E-state index in [4.69, 9.17) is 4.74 Å². The van der Waals surface area contributed by atoms with E-state index < -0.39 is 17.6 Å². The van der Waals surface area contributed by atoms with E-state index in [2.05, 4.69) is 4.98 Å². The molecule has 24 heavy (non-hydrogen) atoms. The van der Waals surface area contributed by atoms with Crippen molar-refractivity contribution in [3.05, 3.63) is 65.0 Å². The molecule has 2 aromatic carbocycles. The lowest BCUT2D eigenvalue weighted by Crippen LogP contribution is -2.04. The average Bonchev–Trinajstić information content (AvgIpc) is 2.87. The summed E-state index contributed by atoms with van der Waals surface area (Å²) in [5, 5.41) is 0. The fourth-order valence-corrected chi connectivity index (χ4v) is 2.61. The quantitative estimate of drug-likeness (QED) is 0.686. The number of hydrogen-bond acceptors (Lipinski definition) is 3. The molecule has 0 N–H and O–H groups in total. The third kappa shape index (κ3) is 2.87. The maximum atomic E-state index is 13.8. The first-order chi connectivity index (χ1) is 11.5. The van der Waals surface area contributed by atoms with Crippen LogP contribution in [-0.4, -0.2) is 22.1 Å². The number of ether oxygens (including phenoxy) is 1. The summed E-state index contributed by atoms with van der Waals surface area (Å²) >= 11 is 0. The van der Waals surface area contributed by atoms with Gasteiger partial charge in [0.1, 0.15) is 17.5 Å². The molecule has 0 atom stereocenters. The number of rotatable bonds is 4. The maximum absolute atomic E-state index is 13.8. The van der Waals surface area contributed by atoms with Crippen molar-refractivity contribution in [1.29, 1.82) is 0 Å². The highest BCUT2D eigenvalue weighted by molar-refractivity contribution is 5.93. The predicted octanol–water partition coefficient (Wildman–Crippen LogP) is 3.62. The smallest absolute Gasteiger partial charge is 0.338 e. The van der Waals surface area contributed by atoms with Gasteiger partial charge in [0.2, 0.25) is 0 Å². The lowest BCUT2D eigenvalue weighted by atomic mass is 10.1. The summed E-state index contributed by atoms with van der Waals surface area (Å²) in [6.45, 7) is 2.02. The first kappa shape index (κ1) is 16.1. The Morgan fingerprint density at radius 2 is 1.92 bits per heavy atom. The summed E-state index contributed by atoms with van der Waals surface area (Å²) in [5.74, 6) is -1.12. The molecule has 1 heterocycles. The number of nitrogens with zero attached hydrogens (tertiary/aromatic N) is 2. The second-order valence-corrected chi connectivity index (χ2v) is 5.39. The zero-order valence-electron chi connectivity index (χ0n) is 13.3. The molecule has 0 amide bonds. The third-order valence-corrected chi connectivity index (χ3v) is 3.88. The van der Waals surface area contributed by atoms with Crippen LogP contribution in [0.4, 0.5) is 8.78 Å². The molecule has 4 nitrogen and oxygen atoms in total. The van der Waals surface area contributed by atoms with Gasteiger partial charge in [-0.25, -0.2) is 18.6 Å². The van der Waals surface area contributed by atoms with Crippen LogP contribution < -0.4 is 0 Å². The Morgan fingerprint density at radius 3 is 2.58 bits per heavy atom. The van der Waals surface area contributed by atoms with Crippen molar-refractivity contribution in [2.45, 2.75) is 13.3 Å². The topological polar surface area (TPSA) is 44.1 Å². The summed E-state index contributed by atoms with van der Waals surface area (Å²) in [6.07, 6.45) is 0.0262. The van der Waals surface area contributed by atoms with Gasteiger partial charge < -0.3 is 9.30 Å². The molecule has 0 aliphatic rings. The lowest BCUT2D eigenvalue weighted by Gasteiger charge is -2.05. The number of aryl methyl sites for hydroxylation is 1. The zero-order valence-corrected chi connectivity index (χ0v) is 13.3. The molecule has 0 unspecified atom stereocenters. The summed E-state index contributed by atoms with van der Waals surface area (Å²) in [5.41, 5.74) is 1.72. The van der Waals surface area contributed by atoms with Gasteiger partial charge in [0.15, 0.2) is 0 Å². The Bertz CT molecular complexity index is 899. The third-order valence-electron chi connectivity index (χ3n) is 3.88. The Kier molecular flexibility index (Phi) is 4.29. The minimum Gasteiger partial charge on any atom is -0.462 e. The monoisotopic (exact) mass is 330 g/mol. The molecule has 3 aromatic rings. The number of imidazole rings is 1. The lowest BCUT2D eigenvalue weighted by molar-refractivity contribution is 0.0526. The molecule has 1 aromatic heterocycles. The van der Waals surface area contributed by atoms with E-state index >= 15 is 0 Å². The van der Waals surface area contributed by atoms with Crippen LogP contribution in [-0.2, 0) is 18.2 Å². The summed E-state index contributed by atoms with van der Waals surface area (Å²) in [7, 11) is 1.77. The van der Waals surface area contributed by atoms with Crippen molar-refractivity contribution in [3.63, 3.8) is 0 Å². The minimum absolute atomic E-state index is 0.0262. The van der Waals surface area contributed by atoms with Gasteiger partial charge in [-0.1, -0.05) is 6.07 Å². The molecule has 0 spiro atoms. The molecule has 0 fully saturated rings. The van der Waals surface area contributed by atoms with Gasteiger partial charge in [-0.05, 0) is 37.3 Å². The number of fused-ring (bicyclic) bond motifs is 1. The van der Waals surface area contributed by atoms with Crippen molar-refractivity contribution in [1.82, 2.24) is 9.55 Å². The van der Waals surface area contributed by atoms with E-state index in [1.807, 2.05) is 0 Å². The molecule has 3 rings (SSSR count). The van der Waals surface area contributed by atoms with Gasteiger partial charge in [0, 0.05) is 19.0 Å². The maximum Gasteiger partial charge on any atom is 0.338 e. The molecule has 0 saturated carbocycles. The Hall–Kier alpha value is -2.76. The predicted molar refractivity (Wildman–Crippen MR) is 85.8 cm³/mol. The second kappa shape index (κ2) is 6.39. The van der Waals surface area contributed by atoms with E-state index in [1.54, 1.807) is 36.7 Å². The summed E-state index contributed by atoms with van der Waals surface area (Å²) < 4.78 is 34.4. The number of carbonyl (C=O) groups excluding carboxylic acids is 1. The van der Waals surface area contributed by atoms with Crippen LogP contribution in [0.5, 0.6) is 0 Å². The van der Waals surface area contributed by atoms with Crippen LogP contribution >= 0.6 is 0 Å².